The lowest BCUT2D eigenvalue weighted by Crippen LogP contribution is -2.48. The second-order valence-corrected chi connectivity index (χ2v) is 4.50. The van der Waals surface area contributed by atoms with E-state index in [1.165, 1.54) is 7.11 Å². The lowest BCUT2D eigenvalue weighted by molar-refractivity contribution is -0.142. The molecule has 5 heteroatoms. The molecule has 1 fully saturated rings. The summed E-state index contributed by atoms with van der Waals surface area (Å²) in [5.74, 6) is 0.274. The van der Waals surface area contributed by atoms with Crippen LogP contribution in [-0.4, -0.2) is 55.4 Å². The van der Waals surface area contributed by atoms with Gasteiger partial charge in [0.15, 0.2) is 0 Å². The number of aliphatic hydroxyl groups is 1. The number of esters is 1. The van der Waals surface area contributed by atoms with Crippen LogP contribution in [0, 0.1) is 5.92 Å². The van der Waals surface area contributed by atoms with Crippen molar-refractivity contribution >= 4 is 5.97 Å². The largest absolute Gasteiger partial charge is 0.468 e. The average Bonchev–Trinajstić information content (AvgIpc) is 2.25. The zero-order valence-corrected chi connectivity index (χ0v) is 9.89. The van der Waals surface area contributed by atoms with E-state index >= 15 is 0 Å². The molecule has 0 saturated carbocycles. The number of methoxy groups -OCH3 is 1. The fourth-order valence-electron chi connectivity index (χ4n) is 2.31. The second kappa shape index (κ2) is 6.83. The zero-order valence-electron chi connectivity index (χ0n) is 9.89. The summed E-state index contributed by atoms with van der Waals surface area (Å²) in [6.07, 6.45) is 2.77. The quantitative estimate of drug-likeness (QED) is 0.627. The van der Waals surface area contributed by atoms with E-state index in [4.69, 9.17) is 10.8 Å². The first-order valence-electron chi connectivity index (χ1n) is 5.81. The molecule has 0 aromatic carbocycles. The minimum absolute atomic E-state index is 0.127. The van der Waals surface area contributed by atoms with Crippen molar-refractivity contribution in [3.63, 3.8) is 0 Å². The maximum absolute atomic E-state index is 11.2. The summed E-state index contributed by atoms with van der Waals surface area (Å²) >= 11 is 0. The Bertz CT molecular complexity index is 223. The van der Waals surface area contributed by atoms with Gasteiger partial charge in [-0.3, -0.25) is 9.69 Å². The average molecular weight is 230 g/mol. The van der Waals surface area contributed by atoms with Gasteiger partial charge in [-0.05, 0) is 25.2 Å². The van der Waals surface area contributed by atoms with Crippen molar-refractivity contribution in [2.45, 2.75) is 25.3 Å². The third kappa shape index (κ3) is 4.47. The SMILES string of the molecule is COC(=O)CN1CC(N)CC(CCCO)C1. The zero-order chi connectivity index (χ0) is 12.0. The molecule has 5 nitrogen and oxygen atoms in total. The van der Waals surface area contributed by atoms with E-state index in [1.54, 1.807) is 0 Å². The molecule has 0 bridgehead atoms. The fraction of sp³-hybridized carbons (Fsp3) is 0.909. The van der Waals surface area contributed by atoms with Crippen LogP contribution in [-0.2, 0) is 9.53 Å². The first kappa shape index (κ1) is 13.4. The molecule has 1 rings (SSSR count). The molecule has 16 heavy (non-hydrogen) atoms. The van der Waals surface area contributed by atoms with Crippen LogP contribution in [0.2, 0.25) is 0 Å². The van der Waals surface area contributed by atoms with E-state index in [0.717, 1.165) is 32.4 Å². The Morgan fingerprint density at radius 2 is 2.31 bits per heavy atom. The van der Waals surface area contributed by atoms with E-state index in [2.05, 4.69) is 4.74 Å². The minimum atomic E-state index is -0.213. The summed E-state index contributed by atoms with van der Waals surface area (Å²) in [7, 11) is 1.40. The number of likely N-dealkylation sites (tertiary alicyclic amines) is 1. The number of nitrogens with zero attached hydrogens (tertiary/aromatic N) is 1. The minimum Gasteiger partial charge on any atom is -0.468 e. The van der Waals surface area contributed by atoms with Crippen LogP contribution in [0.25, 0.3) is 0 Å². The first-order valence-corrected chi connectivity index (χ1v) is 5.81. The summed E-state index contributed by atoms with van der Waals surface area (Å²) in [5, 5.41) is 8.79. The van der Waals surface area contributed by atoms with E-state index in [0.29, 0.717) is 12.5 Å². The monoisotopic (exact) mass is 230 g/mol. The maximum atomic E-state index is 11.2. The predicted molar refractivity (Wildman–Crippen MR) is 60.9 cm³/mol. The summed E-state index contributed by atoms with van der Waals surface area (Å²) in [4.78, 5) is 13.2. The Hall–Kier alpha value is -0.650. The van der Waals surface area contributed by atoms with Crippen LogP contribution >= 0.6 is 0 Å². The highest BCUT2D eigenvalue weighted by atomic mass is 16.5. The number of hydrogen-bond acceptors (Lipinski definition) is 5. The van der Waals surface area contributed by atoms with Crippen molar-refractivity contribution in [3.05, 3.63) is 0 Å². The van der Waals surface area contributed by atoms with E-state index in [9.17, 15) is 4.79 Å². The van der Waals surface area contributed by atoms with Crippen LogP contribution < -0.4 is 5.73 Å². The Morgan fingerprint density at radius 1 is 1.56 bits per heavy atom. The molecule has 94 valence electrons. The highest BCUT2D eigenvalue weighted by molar-refractivity contribution is 5.71. The number of piperidine rings is 1. The number of rotatable bonds is 5. The van der Waals surface area contributed by atoms with Gasteiger partial charge >= 0.3 is 5.97 Å². The number of hydrogen-bond donors (Lipinski definition) is 2. The van der Waals surface area contributed by atoms with Gasteiger partial charge in [0, 0.05) is 25.7 Å². The second-order valence-electron chi connectivity index (χ2n) is 4.50. The molecule has 0 amide bonds. The molecule has 1 aliphatic heterocycles. The lowest BCUT2D eigenvalue weighted by Gasteiger charge is -2.35. The van der Waals surface area contributed by atoms with Gasteiger partial charge in [-0.1, -0.05) is 0 Å². The number of ether oxygens (including phenoxy) is 1. The molecule has 0 radical (unpaired) electrons. The molecule has 2 atom stereocenters. The summed E-state index contributed by atoms with van der Waals surface area (Å²) in [5.41, 5.74) is 5.95. The summed E-state index contributed by atoms with van der Waals surface area (Å²) < 4.78 is 4.64. The van der Waals surface area contributed by atoms with E-state index in [1.807, 2.05) is 4.90 Å². The molecule has 0 aromatic rings. The van der Waals surface area contributed by atoms with Gasteiger partial charge < -0.3 is 15.6 Å². The molecule has 3 N–H and O–H groups in total. The number of carbonyl (C=O) groups is 1. The third-order valence-corrected chi connectivity index (χ3v) is 3.00. The maximum Gasteiger partial charge on any atom is 0.319 e. The van der Waals surface area contributed by atoms with Gasteiger partial charge in [0.1, 0.15) is 0 Å². The Balaban J connectivity index is 2.37. The Kier molecular flexibility index (Phi) is 5.73. The molecule has 2 unspecified atom stereocenters. The Morgan fingerprint density at radius 3 is 2.94 bits per heavy atom. The summed E-state index contributed by atoms with van der Waals surface area (Å²) in [6.45, 7) is 2.18. The number of aliphatic hydroxyl groups excluding tert-OH is 1. The van der Waals surface area contributed by atoms with Gasteiger partial charge in [-0.15, -0.1) is 0 Å². The molecular formula is C11H22N2O3. The smallest absolute Gasteiger partial charge is 0.319 e. The van der Waals surface area contributed by atoms with Crippen molar-refractivity contribution in [2.75, 3.05) is 33.4 Å². The highest BCUT2D eigenvalue weighted by Gasteiger charge is 2.25. The van der Waals surface area contributed by atoms with Gasteiger partial charge in [0.25, 0.3) is 0 Å². The molecule has 0 spiro atoms. The van der Waals surface area contributed by atoms with E-state index in [-0.39, 0.29) is 18.6 Å². The van der Waals surface area contributed by atoms with Crippen molar-refractivity contribution in [1.82, 2.24) is 4.90 Å². The van der Waals surface area contributed by atoms with Crippen LogP contribution in [0.15, 0.2) is 0 Å². The third-order valence-electron chi connectivity index (χ3n) is 3.00. The first-order chi connectivity index (χ1) is 7.65. The summed E-state index contributed by atoms with van der Waals surface area (Å²) in [6, 6.07) is 0.127. The molecular weight excluding hydrogens is 208 g/mol. The lowest BCUT2D eigenvalue weighted by atomic mass is 9.91. The molecule has 0 aliphatic carbocycles. The Labute approximate surface area is 96.6 Å². The highest BCUT2D eigenvalue weighted by Crippen LogP contribution is 2.20. The standard InChI is InChI=1S/C11H22N2O3/c1-16-11(15)8-13-6-9(3-2-4-14)5-10(12)7-13/h9-10,14H,2-8,12H2,1H3. The van der Waals surface area contributed by atoms with Gasteiger partial charge in [-0.25, -0.2) is 0 Å². The molecule has 0 aromatic heterocycles. The molecule has 1 saturated heterocycles. The van der Waals surface area contributed by atoms with Crippen LogP contribution in [0.3, 0.4) is 0 Å². The topological polar surface area (TPSA) is 75.8 Å². The van der Waals surface area contributed by atoms with Gasteiger partial charge in [-0.2, -0.15) is 0 Å². The molecule has 1 heterocycles. The van der Waals surface area contributed by atoms with Crippen molar-refractivity contribution in [3.8, 4) is 0 Å². The predicted octanol–water partition coefficient (Wildman–Crippen LogP) is -0.419. The van der Waals surface area contributed by atoms with Crippen LogP contribution in [0.4, 0.5) is 0 Å². The van der Waals surface area contributed by atoms with Crippen molar-refractivity contribution in [2.24, 2.45) is 11.7 Å². The van der Waals surface area contributed by atoms with Crippen molar-refractivity contribution < 1.29 is 14.6 Å². The van der Waals surface area contributed by atoms with E-state index < -0.39 is 0 Å². The van der Waals surface area contributed by atoms with Crippen LogP contribution in [0.5, 0.6) is 0 Å². The normalized spacial score (nSPS) is 26.7. The van der Waals surface area contributed by atoms with Gasteiger partial charge in [0.05, 0.1) is 13.7 Å². The number of carbonyl (C=O) groups excluding carboxylic acids is 1. The van der Waals surface area contributed by atoms with Gasteiger partial charge in [0.2, 0.25) is 0 Å². The number of nitrogens with two attached hydrogens (primary N) is 1. The van der Waals surface area contributed by atoms with Crippen LogP contribution in [0.1, 0.15) is 19.3 Å². The fourth-order valence-corrected chi connectivity index (χ4v) is 2.31. The molecule has 1 aliphatic rings. The van der Waals surface area contributed by atoms with Crippen molar-refractivity contribution in [1.29, 1.82) is 0 Å².